The Morgan fingerprint density at radius 3 is 2.53 bits per heavy atom. The van der Waals surface area contributed by atoms with Crippen LogP contribution in [-0.2, 0) is 11.3 Å². The molecule has 4 aromatic rings. The normalized spacial score (nSPS) is 11.0. The minimum atomic E-state index is -0.436. The van der Waals surface area contributed by atoms with Gasteiger partial charge in [-0.25, -0.2) is 4.39 Å². The first-order chi connectivity index (χ1) is 16.4. The van der Waals surface area contributed by atoms with Gasteiger partial charge in [0.15, 0.2) is 0 Å². The Kier molecular flexibility index (Phi) is 6.75. The number of nitrogens with two attached hydrogens (primary N) is 1. The number of fused-ring (bicyclic) bond motifs is 1. The van der Waals surface area contributed by atoms with Gasteiger partial charge in [-0.05, 0) is 48.6 Å². The minimum absolute atomic E-state index is 0.190. The second kappa shape index (κ2) is 9.89. The van der Waals surface area contributed by atoms with E-state index in [2.05, 4.69) is 5.32 Å². The third-order valence-corrected chi connectivity index (χ3v) is 5.83. The number of amides is 1. The molecule has 1 aromatic heterocycles. The van der Waals surface area contributed by atoms with Gasteiger partial charge in [-0.15, -0.1) is 0 Å². The van der Waals surface area contributed by atoms with Gasteiger partial charge in [-0.1, -0.05) is 42.5 Å². The van der Waals surface area contributed by atoms with Crippen LogP contribution in [0.5, 0.6) is 0 Å². The van der Waals surface area contributed by atoms with Gasteiger partial charge >= 0.3 is 0 Å². The van der Waals surface area contributed by atoms with Crippen LogP contribution in [0.3, 0.4) is 0 Å². The molecule has 0 bridgehead atoms. The SMILES string of the molecule is COCCCn1c(N)c(-c2ccccc2F)c2ccc(NC(=O)c3ccccc3C)cc2c1=O. The van der Waals surface area contributed by atoms with Crippen molar-refractivity contribution in [2.24, 2.45) is 0 Å². The Hall–Kier alpha value is -3.97. The molecule has 3 N–H and O–H groups in total. The highest BCUT2D eigenvalue weighted by Crippen LogP contribution is 2.35. The fourth-order valence-corrected chi connectivity index (χ4v) is 4.11. The zero-order chi connectivity index (χ0) is 24.2. The fraction of sp³-hybridized carbons (Fsp3) is 0.185. The maximum absolute atomic E-state index is 14.8. The molecule has 1 amide bonds. The molecule has 0 unspecified atom stereocenters. The Bertz CT molecular complexity index is 1430. The number of hydrogen-bond donors (Lipinski definition) is 2. The van der Waals surface area contributed by atoms with E-state index in [1.54, 1.807) is 55.6 Å². The molecule has 0 aliphatic heterocycles. The van der Waals surface area contributed by atoms with Crippen LogP contribution in [0.1, 0.15) is 22.3 Å². The van der Waals surface area contributed by atoms with Crippen molar-refractivity contribution in [2.75, 3.05) is 24.8 Å². The van der Waals surface area contributed by atoms with E-state index < -0.39 is 5.82 Å². The van der Waals surface area contributed by atoms with E-state index >= 15 is 0 Å². The monoisotopic (exact) mass is 459 g/mol. The lowest BCUT2D eigenvalue weighted by atomic mass is 9.98. The zero-order valence-electron chi connectivity index (χ0n) is 19.1. The topological polar surface area (TPSA) is 86.3 Å². The van der Waals surface area contributed by atoms with Gasteiger partial charge < -0.3 is 15.8 Å². The molecule has 0 spiro atoms. The van der Waals surface area contributed by atoms with E-state index in [-0.39, 0.29) is 17.3 Å². The second-order valence-corrected chi connectivity index (χ2v) is 8.07. The van der Waals surface area contributed by atoms with Crippen molar-refractivity contribution < 1.29 is 13.9 Å². The van der Waals surface area contributed by atoms with Crippen LogP contribution >= 0.6 is 0 Å². The number of methoxy groups -OCH3 is 1. The number of hydrogen-bond acceptors (Lipinski definition) is 4. The number of rotatable bonds is 7. The Morgan fingerprint density at radius 1 is 1.06 bits per heavy atom. The average molecular weight is 460 g/mol. The molecule has 7 heteroatoms. The highest BCUT2D eigenvalue weighted by atomic mass is 19.1. The van der Waals surface area contributed by atoms with Crippen molar-refractivity contribution in [3.63, 3.8) is 0 Å². The largest absolute Gasteiger partial charge is 0.385 e. The first-order valence-electron chi connectivity index (χ1n) is 11.0. The molecule has 0 radical (unpaired) electrons. The molecule has 0 saturated carbocycles. The molecular formula is C27H26FN3O3. The maximum atomic E-state index is 14.8. The number of anilines is 2. The number of aromatic nitrogens is 1. The number of nitrogens with one attached hydrogen (secondary N) is 1. The number of ether oxygens (including phenoxy) is 1. The van der Waals surface area contributed by atoms with Crippen LogP contribution in [0.2, 0.25) is 0 Å². The second-order valence-electron chi connectivity index (χ2n) is 8.07. The molecule has 174 valence electrons. The van der Waals surface area contributed by atoms with E-state index in [0.717, 1.165) is 5.56 Å². The van der Waals surface area contributed by atoms with Crippen molar-refractivity contribution in [3.05, 3.63) is 94.0 Å². The van der Waals surface area contributed by atoms with Crippen LogP contribution in [0, 0.1) is 12.7 Å². The first kappa shape index (κ1) is 23.2. The number of nitrogens with zero attached hydrogens (tertiary/aromatic N) is 1. The Balaban J connectivity index is 1.87. The lowest BCUT2D eigenvalue weighted by Gasteiger charge is -2.18. The lowest BCUT2D eigenvalue weighted by Crippen LogP contribution is -2.25. The molecule has 4 rings (SSSR count). The van der Waals surface area contributed by atoms with Crippen molar-refractivity contribution >= 4 is 28.2 Å². The van der Waals surface area contributed by atoms with Crippen LogP contribution in [0.4, 0.5) is 15.9 Å². The number of carbonyl (C=O) groups excluding carboxylic acids is 1. The summed E-state index contributed by atoms with van der Waals surface area (Å²) in [5.74, 6) is -0.521. The summed E-state index contributed by atoms with van der Waals surface area (Å²) in [6, 6.07) is 18.6. The molecule has 6 nitrogen and oxygen atoms in total. The number of benzene rings is 3. The number of carbonyl (C=O) groups is 1. The summed E-state index contributed by atoms with van der Waals surface area (Å²) in [4.78, 5) is 26.2. The highest BCUT2D eigenvalue weighted by molar-refractivity contribution is 6.07. The van der Waals surface area contributed by atoms with Crippen LogP contribution in [-0.4, -0.2) is 24.2 Å². The summed E-state index contributed by atoms with van der Waals surface area (Å²) < 4.78 is 21.3. The summed E-state index contributed by atoms with van der Waals surface area (Å²) in [6.07, 6.45) is 0.562. The van der Waals surface area contributed by atoms with Crippen molar-refractivity contribution in [2.45, 2.75) is 19.9 Å². The average Bonchev–Trinajstić information content (AvgIpc) is 2.83. The number of pyridine rings is 1. The predicted octanol–water partition coefficient (Wildman–Crippen LogP) is 4.99. The molecule has 0 atom stereocenters. The minimum Gasteiger partial charge on any atom is -0.385 e. The van der Waals surface area contributed by atoms with Crippen molar-refractivity contribution in [3.8, 4) is 11.1 Å². The van der Waals surface area contributed by atoms with Gasteiger partial charge in [0.2, 0.25) is 0 Å². The third-order valence-electron chi connectivity index (χ3n) is 5.83. The molecule has 1 heterocycles. The molecule has 0 aliphatic carbocycles. The highest BCUT2D eigenvalue weighted by Gasteiger charge is 2.19. The van der Waals surface area contributed by atoms with Gasteiger partial charge in [0.1, 0.15) is 11.6 Å². The van der Waals surface area contributed by atoms with Crippen LogP contribution in [0.15, 0.2) is 71.5 Å². The molecule has 0 saturated heterocycles. The van der Waals surface area contributed by atoms with Crippen LogP contribution in [0.25, 0.3) is 21.9 Å². The predicted molar refractivity (Wildman–Crippen MR) is 134 cm³/mol. The first-order valence-corrected chi connectivity index (χ1v) is 11.0. The summed E-state index contributed by atoms with van der Waals surface area (Å²) in [5.41, 5.74) is 8.73. The summed E-state index contributed by atoms with van der Waals surface area (Å²) in [6.45, 7) is 2.62. The van der Waals surface area contributed by atoms with Gasteiger partial charge in [-0.3, -0.25) is 14.2 Å². The summed E-state index contributed by atoms with van der Waals surface area (Å²) in [5, 5.41) is 3.72. The van der Waals surface area contributed by atoms with Gasteiger partial charge in [-0.2, -0.15) is 0 Å². The Labute approximate surface area is 196 Å². The fourth-order valence-electron chi connectivity index (χ4n) is 4.11. The quantitative estimate of drug-likeness (QED) is 0.382. The number of nitrogen functional groups attached to an aromatic ring is 1. The number of aryl methyl sites for hydroxylation is 1. The van der Waals surface area contributed by atoms with Crippen LogP contribution < -0.4 is 16.6 Å². The molecule has 3 aromatic carbocycles. The summed E-state index contributed by atoms with van der Waals surface area (Å²) in [7, 11) is 1.58. The molecule has 0 aliphatic rings. The number of halogens is 1. The van der Waals surface area contributed by atoms with Crippen molar-refractivity contribution in [1.29, 1.82) is 0 Å². The van der Waals surface area contributed by atoms with E-state index in [9.17, 15) is 14.0 Å². The molecule has 34 heavy (non-hydrogen) atoms. The van der Waals surface area contributed by atoms with E-state index in [1.165, 1.54) is 10.6 Å². The third kappa shape index (κ3) is 4.43. The van der Waals surface area contributed by atoms with Crippen molar-refractivity contribution in [1.82, 2.24) is 4.57 Å². The van der Waals surface area contributed by atoms with Gasteiger partial charge in [0.05, 0.1) is 0 Å². The van der Waals surface area contributed by atoms with E-state index in [4.69, 9.17) is 10.5 Å². The Morgan fingerprint density at radius 2 is 1.79 bits per heavy atom. The maximum Gasteiger partial charge on any atom is 0.260 e. The van der Waals surface area contributed by atoms with Gasteiger partial charge in [0, 0.05) is 48.0 Å². The lowest BCUT2D eigenvalue weighted by molar-refractivity contribution is 0.102. The molecular weight excluding hydrogens is 433 g/mol. The molecule has 0 fully saturated rings. The summed E-state index contributed by atoms with van der Waals surface area (Å²) >= 11 is 0. The van der Waals surface area contributed by atoms with Gasteiger partial charge in [0.25, 0.3) is 11.5 Å². The standard InChI is InChI=1S/C27H26FN3O3/c1-17-8-3-4-9-19(17)26(32)30-18-12-13-20-22(16-18)27(33)31(14-7-15-34-2)25(29)24(20)21-10-5-6-11-23(21)28/h3-6,8-13,16H,7,14-15,29H2,1-2H3,(H,30,32). The van der Waals surface area contributed by atoms with E-state index in [0.29, 0.717) is 52.7 Å². The van der Waals surface area contributed by atoms with E-state index in [1.807, 2.05) is 19.1 Å². The zero-order valence-corrected chi connectivity index (χ0v) is 19.1. The smallest absolute Gasteiger partial charge is 0.260 e.